The van der Waals surface area contributed by atoms with Crippen LogP contribution in [0, 0.1) is 19.8 Å². The van der Waals surface area contributed by atoms with E-state index < -0.39 is 0 Å². The van der Waals surface area contributed by atoms with E-state index in [1.54, 1.807) is 0 Å². The molecule has 2 aromatic heterocycles. The highest BCUT2D eigenvalue weighted by atomic mass is 16.2. The Hall–Kier alpha value is -1.91. The van der Waals surface area contributed by atoms with E-state index >= 15 is 0 Å². The van der Waals surface area contributed by atoms with Crippen LogP contribution in [0.3, 0.4) is 0 Å². The Labute approximate surface area is 131 Å². The van der Waals surface area contributed by atoms with E-state index in [0.717, 1.165) is 54.0 Å². The summed E-state index contributed by atoms with van der Waals surface area (Å²) in [6.07, 6.45) is 2.30. The summed E-state index contributed by atoms with van der Waals surface area (Å²) in [5.41, 5.74) is 3.34. The molecule has 3 heterocycles. The number of aromatic nitrogens is 3. The number of likely N-dealkylation sites (tertiary alicyclic amines) is 1. The zero-order valence-corrected chi connectivity index (χ0v) is 13.9. The standard InChI is InChI=1S/C17H24N4O/c1-5-21-16-15(13(4)19-21)14(9-12(3)18-16)17(22)20-8-6-7-11(2)10-20/h9,11H,5-8,10H2,1-4H3/t11-/m1/s1. The van der Waals surface area contributed by atoms with Crippen molar-refractivity contribution in [3.8, 4) is 0 Å². The summed E-state index contributed by atoms with van der Waals surface area (Å²) in [5.74, 6) is 0.705. The maximum Gasteiger partial charge on any atom is 0.254 e. The number of pyridine rings is 1. The van der Waals surface area contributed by atoms with Crippen LogP contribution in [0.1, 0.15) is 48.4 Å². The number of rotatable bonds is 2. The quantitative estimate of drug-likeness (QED) is 0.857. The lowest BCUT2D eigenvalue weighted by molar-refractivity contribution is 0.0685. The van der Waals surface area contributed by atoms with E-state index in [9.17, 15) is 4.79 Å². The van der Waals surface area contributed by atoms with Crippen molar-refractivity contribution in [3.63, 3.8) is 0 Å². The predicted molar refractivity (Wildman–Crippen MR) is 87.0 cm³/mol. The summed E-state index contributed by atoms with van der Waals surface area (Å²) in [4.78, 5) is 19.6. The first kappa shape index (κ1) is 15.0. The largest absolute Gasteiger partial charge is 0.338 e. The number of piperidine rings is 1. The van der Waals surface area contributed by atoms with Crippen LogP contribution < -0.4 is 0 Å². The molecule has 5 nitrogen and oxygen atoms in total. The first-order chi connectivity index (χ1) is 10.5. The van der Waals surface area contributed by atoms with Crippen molar-refractivity contribution in [1.82, 2.24) is 19.7 Å². The number of carbonyl (C=O) groups is 1. The molecule has 22 heavy (non-hydrogen) atoms. The molecule has 1 saturated heterocycles. The number of carbonyl (C=O) groups excluding carboxylic acids is 1. The third-order valence-electron chi connectivity index (χ3n) is 4.48. The predicted octanol–water partition coefficient (Wildman–Crippen LogP) is 2.94. The molecule has 1 aliphatic rings. The summed E-state index contributed by atoms with van der Waals surface area (Å²) in [6, 6.07) is 1.92. The molecule has 0 unspecified atom stereocenters. The van der Waals surface area contributed by atoms with E-state index in [2.05, 4.69) is 17.0 Å². The molecule has 0 aliphatic carbocycles. The third kappa shape index (κ3) is 2.49. The summed E-state index contributed by atoms with van der Waals surface area (Å²) >= 11 is 0. The normalized spacial score (nSPS) is 18.9. The van der Waals surface area contributed by atoms with Gasteiger partial charge in [-0.05, 0) is 45.6 Å². The molecule has 5 heteroatoms. The fourth-order valence-corrected chi connectivity index (χ4v) is 3.41. The van der Waals surface area contributed by atoms with Crippen LogP contribution >= 0.6 is 0 Å². The van der Waals surface area contributed by atoms with Crippen LogP contribution in [0.4, 0.5) is 0 Å². The molecule has 0 N–H and O–H groups in total. The van der Waals surface area contributed by atoms with Gasteiger partial charge in [-0.3, -0.25) is 4.79 Å². The monoisotopic (exact) mass is 300 g/mol. The molecule has 0 bridgehead atoms. The van der Waals surface area contributed by atoms with Crippen LogP contribution in [0.5, 0.6) is 0 Å². The SMILES string of the molecule is CCn1nc(C)c2c(C(=O)N3CCC[C@@H](C)C3)cc(C)nc21. The lowest BCUT2D eigenvalue weighted by Gasteiger charge is -2.31. The molecular formula is C17H24N4O. The Morgan fingerprint density at radius 2 is 2.18 bits per heavy atom. The minimum Gasteiger partial charge on any atom is -0.338 e. The number of hydrogen-bond donors (Lipinski definition) is 0. The maximum absolute atomic E-state index is 13.0. The van der Waals surface area contributed by atoms with Crippen LogP contribution in [-0.2, 0) is 6.54 Å². The number of aryl methyl sites for hydroxylation is 3. The minimum atomic E-state index is 0.126. The van der Waals surface area contributed by atoms with Gasteiger partial charge in [0.1, 0.15) is 0 Å². The Bertz CT molecular complexity index is 719. The Morgan fingerprint density at radius 3 is 2.86 bits per heavy atom. The highest BCUT2D eigenvalue weighted by Crippen LogP contribution is 2.25. The summed E-state index contributed by atoms with van der Waals surface area (Å²) in [5, 5.41) is 5.45. The molecule has 0 radical (unpaired) electrons. The van der Waals surface area contributed by atoms with E-state index in [4.69, 9.17) is 0 Å². The molecule has 3 rings (SSSR count). The molecule has 1 amide bonds. The van der Waals surface area contributed by atoms with Gasteiger partial charge in [-0.15, -0.1) is 0 Å². The van der Waals surface area contributed by atoms with Crippen molar-refractivity contribution in [2.45, 2.75) is 47.1 Å². The van der Waals surface area contributed by atoms with Gasteiger partial charge < -0.3 is 4.90 Å². The molecule has 1 aliphatic heterocycles. The molecule has 0 aromatic carbocycles. The van der Waals surface area contributed by atoms with Crippen LogP contribution in [-0.4, -0.2) is 38.7 Å². The van der Waals surface area contributed by atoms with Crippen molar-refractivity contribution >= 4 is 16.9 Å². The number of hydrogen-bond acceptors (Lipinski definition) is 3. The van der Waals surface area contributed by atoms with Gasteiger partial charge in [0, 0.05) is 25.3 Å². The number of amides is 1. The van der Waals surface area contributed by atoms with E-state index in [0.29, 0.717) is 5.92 Å². The zero-order valence-electron chi connectivity index (χ0n) is 13.9. The first-order valence-electron chi connectivity index (χ1n) is 8.15. The van der Waals surface area contributed by atoms with Gasteiger partial charge in [-0.2, -0.15) is 5.10 Å². The Morgan fingerprint density at radius 1 is 1.41 bits per heavy atom. The van der Waals surface area contributed by atoms with Gasteiger partial charge in [-0.25, -0.2) is 9.67 Å². The molecule has 0 spiro atoms. The van der Waals surface area contributed by atoms with Crippen molar-refractivity contribution in [2.75, 3.05) is 13.1 Å². The topological polar surface area (TPSA) is 51.0 Å². The van der Waals surface area contributed by atoms with Gasteiger partial charge in [0.05, 0.1) is 16.6 Å². The van der Waals surface area contributed by atoms with E-state index in [1.165, 1.54) is 6.42 Å². The van der Waals surface area contributed by atoms with Gasteiger partial charge in [0.2, 0.25) is 0 Å². The van der Waals surface area contributed by atoms with E-state index in [-0.39, 0.29) is 5.91 Å². The van der Waals surface area contributed by atoms with Gasteiger partial charge in [0.25, 0.3) is 5.91 Å². The molecular weight excluding hydrogens is 276 g/mol. The van der Waals surface area contributed by atoms with Crippen LogP contribution in [0.25, 0.3) is 11.0 Å². The van der Waals surface area contributed by atoms with Gasteiger partial charge >= 0.3 is 0 Å². The van der Waals surface area contributed by atoms with Crippen molar-refractivity contribution < 1.29 is 4.79 Å². The summed E-state index contributed by atoms with van der Waals surface area (Å²) < 4.78 is 1.88. The highest BCUT2D eigenvalue weighted by Gasteiger charge is 2.25. The fourth-order valence-electron chi connectivity index (χ4n) is 3.41. The lowest BCUT2D eigenvalue weighted by Crippen LogP contribution is -2.39. The Balaban J connectivity index is 2.09. The minimum absolute atomic E-state index is 0.126. The van der Waals surface area contributed by atoms with Crippen molar-refractivity contribution in [3.05, 3.63) is 23.0 Å². The maximum atomic E-state index is 13.0. The molecule has 118 valence electrons. The van der Waals surface area contributed by atoms with E-state index in [1.807, 2.05) is 36.4 Å². The first-order valence-corrected chi connectivity index (χ1v) is 8.15. The average molecular weight is 300 g/mol. The second-order valence-electron chi connectivity index (χ2n) is 6.41. The van der Waals surface area contributed by atoms with Crippen LogP contribution in [0.15, 0.2) is 6.07 Å². The summed E-state index contributed by atoms with van der Waals surface area (Å²) in [7, 11) is 0. The molecule has 0 saturated carbocycles. The summed E-state index contributed by atoms with van der Waals surface area (Å²) in [6.45, 7) is 10.6. The molecule has 1 fully saturated rings. The van der Waals surface area contributed by atoms with Gasteiger partial charge in [0.15, 0.2) is 5.65 Å². The molecule has 2 aromatic rings. The van der Waals surface area contributed by atoms with Crippen molar-refractivity contribution in [1.29, 1.82) is 0 Å². The lowest BCUT2D eigenvalue weighted by atomic mass is 9.99. The smallest absolute Gasteiger partial charge is 0.254 e. The average Bonchev–Trinajstić information content (AvgIpc) is 2.82. The highest BCUT2D eigenvalue weighted by molar-refractivity contribution is 6.06. The second-order valence-corrected chi connectivity index (χ2v) is 6.41. The van der Waals surface area contributed by atoms with Crippen molar-refractivity contribution in [2.24, 2.45) is 5.92 Å². The van der Waals surface area contributed by atoms with Crippen LogP contribution in [0.2, 0.25) is 0 Å². The molecule has 1 atom stereocenters. The second kappa shape index (κ2) is 5.71. The number of fused-ring (bicyclic) bond motifs is 1. The fraction of sp³-hybridized carbons (Fsp3) is 0.588. The number of nitrogens with zero attached hydrogens (tertiary/aromatic N) is 4. The van der Waals surface area contributed by atoms with Gasteiger partial charge in [-0.1, -0.05) is 6.92 Å². The Kier molecular flexibility index (Phi) is 3.89. The third-order valence-corrected chi connectivity index (χ3v) is 4.48. The zero-order chi connectivity index (χ0) is 15.9.